The van der Waals surface area contributed by atoms with Gasteiger partial charge in [0.15, 0.2) is 0 Å². The molecule has 2 atom stereocenters. The van der Waals surface area contributed by atoms with Crippen molar-refractivity contribution in [3.8, 4) is 11.1 Å². The normalized spacial score (nSPS) is 21.3. The van der Waals surface area contributed by atoms with E-state index < -0.39 is 5.97 Å². The molecule has 1 fully saturated rings. The molecule has 2 aliphatic rings. The number of allylic oxidation sites excluding steroid dienone is 3. The summed E-state index contributed by atoms with van der Waals surface area (Å²) in [4.78, 5) is 15.7. The van der Waals surface area contributed by atoms with Crippen LogP contribution in [0.3, 0.4) is 0 Å². The molecular formula is C26H28N4O3. The van der Waals surface area contributed by atoms with Gasteiger partial charge in [-0.2, -0.15) is 15.0 Å². The molecule has 7 heteroatoms. The maximum atomic E-state index is 11.8. The summed E-state index contributed by atoms with van der Waals surface area (Å²) < 4.78 is 5.49. The van der Waals surface area contributed by atoms with Crippen LogP contribution in [0.1, 0.15) is 22.8 Å². The van der Waals surface area contributed by atoms with Gasteiger partial charge >= 0.3 is 5.97 Å². The quantitative estimate of drug-likeness (QED) is 0.644. The van der Waals surface area contributed by atoms with Gasteiger partial charge in [0.2, 0.25) is 0 Å². The van der Waals surface area contributed by atoms with Gasteiger partial charge in [-0.15, -0.1) is 0 Å². The summed E-state index contributed by atoms with van der Waals surface area (Å²) >= 11 is 0. The van der Waals surface area contributed by atoms with Crippen LogP contribution in [0.15, 0.2) is 54.6 Å². The second-order valence-electron chi connectivity index (χ2n) is 8.84. The van der Waals surface area contributed by atoms with Crippen molar-refractivity contribution in [1.29, 1.82) is 0 Å². The highest BCUT2D eigenvalue weighted by Crippen LogP contribution is 2.35. The van der Waals surface area contributed by atoms with Crippen LogP contribution in [-0.2, 0) is 11.8 Å². The number of carbonyl (C=O) groups is 1. The third-order valence-electron chi connectivity index (χ3n) is 6.71. The molecule has 1 aromatic heterocycles. The van der Waals surface area contributed by atoms with E-state index in [2.05, 4.69) is 64.5 Å². The number of aryl methyl sites for hydroxylation is 1. The summed E-state index contributed by atoms with van der Waals surface area (Å²) in [5.74, 6) is -0.114. The second kappa shape index (κ2) is 8.92. The molecule has 7 nitrogen and oxygen atoms in total. The van der Waals surface area contributed by atoms with Crippen molar-refractivity contribution in [2.24, 2.45) is 18.9 Å². The van der Waals surface area contributed by atoms with Gasteiger partial charge in [0, 0.05) is 26.7 Å². The first kappa shape index (κ1) is 21.6. The number of aromatic carboxylic acids is 1. The van der Waals surface area contributed by atoms with E-state index in [1.807, 2.05) is 6.07 Å². The monoisotopic (exact) mass is 444 g/mol. The number of aromatic nitrogens is 3. The number of fused-ring (bicyclic) bond motifs is 1. The number of hydrogen-bond acceptors (Lipinski definition) is 5. The molecule has 0 spiro atoms. The van der Waals surface area contributed by atoms with E-state index in [9.17, 15) is 9.90 Å². The van der Waals surface area contributed by atoms with Gasteiger partial charge in [-0.25, -0.2) is 4.79 Å². The average molecular weight is 445 g/mol. The topological polar surface area (TPSA) is 80.5 Å². The van der Waals surface area contributed by atoms with Crippen molar-refractivity contribution >= 4 is 22.6 Å². The molecule has 1 aliphatic heterocycles. The summed E-state index contributed by atoms with van der Waals surface area (Å²) in [6, 6.07) is 11.9. The molecule has 0 amide bonds. The predicted molar refractivity (Wildman–Crippen MR) is 128 cm³/mol. The van der Waals surface area contributed by atoms with E-state index in [0.29, 0.717) is 22.9 Å². The van der Waals surface area contributed by atoms with E-state index in [1.54, 1.807) is 13.1 Å². The molecule has 2 unspecified atom stereocenters. The minimum absolute atomic E-state index is 0.166. The molecule has 3 aromatic rings. The van der Waals surface area contributed by atoms with Crippen molar-refractivity contribution in [2.75, 3.05) is 32.8 Å². The lowest BCUT2D eigenvalue weighted by molar-refractivity contribution is 0.0317. The molecule has 0 bridgehead atoms. The molecule has 5 rings (SSSR count). The van der Waals surface area contributed by atoms with E-state index in [0.717, 1.165) is 44.0 Å². The maximum absolute atomic E-state index is 11.8. The highest BCUT2D eigenvalue weighted by atomic mass is 16.5. The number of ether oxygens (including phenoxy) is 1. The smallest absolute Gasteiger partial charge is 0.338 e. The zero-order valence-electron chi connectivity index (χ0n) is 18.9. The van der Waals surface area contributed by atoms with E-state index in [1.165, 1.54) is 15.9 Å². The number of hydrogen-bond donors (Lipinski definition) is 1. The lowest BCUT2D eigenvalue weighted by atomic mass is 9.80. The van der Waals surface area contributed by atoms with Crippen molar-refractivity contribution in [3.05, 3.63) is 65.8 Å². The Morgan fingerprint density at radius 2 is 1.82 bits per heavy atom. The third-order valence-corrected chi connectivity index (χ3v) is 6.71. The number of carboxylic acid groups (broad SMARTS) is 1. The summed E-state index contributed by atoms with van der Waals surface area (Å²) in [6.07, 6.45) is 6.71. The molecule has 1 saturated heterocycles. The van der Waals surface area contributed by atoms with Gasteiger partial charge in [-0.3, -0.25) is 4.90 Å². The summed E-state index contributed by atoms with van der Waals surface area (Å²) in [5, 5.41) is 18.2. The molecular weight excluding hydrogens is 416 g/mol. The number of carboxylic acids is 1. The number of morpholine rings is 1. The Morgan fingerprint density at radius 3 is 2.55 bits per heavy atom. The van der Waals surface area contributed by atoms with Gasteiger partial charge < -0.3 is 9.84 Å². The molecule has 1 aliphatic carbocycles. The van der Waals surface area contributed by atoms with Crippen LogP contribution >= 0.6 is 0 Å². The van der Waals surface area contributed by atoms with Crippen LogP contribution in [0.25, 0.3) is 27.7 Å². The summed E-state index contributed by atoms with van der Waals surface area (Å²) in [6.45, 7) is 6.98. The van der Waals surface area contributed by atoms with Crippen molar-refractivity contribution < 1.29 is 14.6 Å². The minimum atomic E-state index is -1.00. The lowest BCUT2D eigenvalue weighted by Gasteiger charge is -2.34. The summed E-state index contributed by atoms with van der Waals surface area (Å²) in [7, 11) is 1.69. The second-order valence-corrected chi connectivity index (χ2v) is 8.84. The Morgan fingerprint density at radius 1 is 1.09 bits per heavy atom. The molecule has 0 radical (unpaired) electrons. The van der Waals surface area contributed by atoms with Crippen molar-refractivity contribution in [3.63, 3.8) is 0 Å². The fraction of sp³-hybridized carbons (Fsp3) is 0.346. The van der Waals surface area contributed by atoms with E-state index >= 15 is 0 Å². The minimum Gasteiger partial charge on any atom is -0.478 e. The van der Waals surface area contributed by atoms with Crippen LogP contribution in [-0.4, -0.2) is 63.8 Å². The van der Waals surface area contributed by atoms with Crippen LogP contribution in [0, 0.1) is 11.8 Å². The SMILES string of the molecule is CC1C(c2ccc(-c3cc(C(=O)O)c4nn(C)nc4c3)cc2)=CC=CC1CN1CCOCC1. The first-order valence-corrected chi connectivity index (χ1v) is 11.4. The van der Waals surface area contributed by atoms with E-state index in [4.69, 9.17) is 4.74 Å². The summed E-state index contributed by atoms with van der Waals surface area (Å²) in [5.41, 5.74) is 5.46. The molecule has 33 heavy (non-hydrogen) atoms. The largest absolute Gasteiger partial charge is 0.478 e. The fourth-order valence-corrected chi connectivity index (χ4v) is 4.82. The Kier molecular flexibility index (Phi) is 5.83. The first-order valence-electron chi connectivity index (χ1n) is 11.4. The number of rotatable bonds is 5. The first-order chi connectivity index (χ1) is 16.0. The van der Waals surface area contributed by atoms with Crippen LogP contribution in [0.4, 0.5) is 0 Å². The Bertz CT molecular complexity index is 1240. The van der Waals surface area contributed by atoms with Crippen LogP contribution in [0.5, 0.6) is 0 Å². The van der Waals surface area contributed by atoms with Gasteiger partial charge in [0.05, 0.1) is 18.8 Å². The number of benzene rings is 2. The van der Waals surface area contributed by atoms with E-state index in [-0.39, 0.29) is 5.56 Å². The van der Waals surface area contributed by atoms with Gasteiger partial charge in [-0.1, -0.05) is 49.4 Å². The van der Waals surface area contributed by atoms with Gasteiger partial charge in [0.25, 0.3) is 0 Å². The molecule has 1 N–H and O–H groups in total. The Hall–Kier alpha value is -3.29. The average Bonchev–Trinajstić information content (AvgIpc) is 3.20. The highest BCUT2D eigenvalue weighted by molar-refractivity contribution is 6.02. The molecule has 0 saturated carbocycles. The third kappa shape index (κ3) is 4.34. The molecule has 170 valence electrons. The lowest BCUT2D eigenvalue weighted by Crippen LogP contribution is -2.40. The Balaban J connectivity index is 1.39. The Labute approximate surface area is 193 Å². The van der Waals surface area contributed by atoms with Crippen LogP contribution in [0.2, 0.25) is 0 Å². The highest BCUT2D eigenvalue weighted by Gasteiger charge is 2.25. The predicted octanol–water partition coefficient (Wildman–Crippen LogP) is 3.87. The fourth-order valence-electron chi connectivity index (χ4n) is 4.82. The van der Waals surface area contributed by atoms with Crippen molar-refractivity contribution in [2.45, 2.75) is 6.92 Å². The van der Waals surface area contributed by atoms with Gasteiger partial charge in [0.1, 0.15) is 11.0 Å². The zero-order chi connectivity index (χ0) is 22.9. The molecule has 2 aromatic carbocycles. The maximum Gasteiger partial charge on any atom is 0.338 e. The van der Waals surface area contributed by atoms with Crippen LogP contribution < -0.4 is 0 Å². The van der Waals surface area contributed by atoms with Gasteiger partial charge in [-0.05, 0) is 46.2 Å². The standard InChI is InChI=1S/C26H28N4O3/c1-17-20(16-30-10-12-33-13-11-30)4-3-5-22(17)19-8-6-18(7-9-19)21-14-23(26(31)32)25-24(15-21)27-29(2)28-25/h3-9,14-15,17,20H,10-13,16H2,1-2H3,(H,31,32). The number of nitrogens with zero attached hydrogens (tertiary/aromatic N) is 4. The zero-order valence-corrected chi connectivity index (χ0v) is 18.9. The van der Waals surface area contributed by atoms with Crippen molar-refractivity contribution in [1.82, 2.24) is 19.9 Å². The molecule has 2 heterocycles.